The maximum absolute atomic E-state index is 13.4. The molecule has 2 aromatic carbocycles. The second-order valence-electron chi connectivity index (χ2n) is 9.51. The minimum absolute atomic E-state index is 0.0189. The predicted octanol–water partition coefficient (Wildman–Crippen LogP) is 2.93. The van der Waals surface area contributed by atoms with Gasteiger partial charge in [0.15, 0.2) is 0 Å². The standard InChI is InChI=1S/C27H31N5O2/c1-31-17-29-14-25(31)24-16-32(15-23(24)13-30-26(33)20-7-8-20)27(34)21-9-5-19(6-10-21)22-4-2-3-18(11-22)12-28/h2-6,9-11,14,17,20,23-24H,7-8,12-13,15-16,28H2,1H3,(H,30,33)/t23-,24-/m1/s1. The smallest absolute Gasteiger partial charge is 0.253 e. The Morgan fingerprint density at radius 2 is 1.88 bits per heavy atom. The summed E-state index contributed by atoms with van der Waals surface area (Å²) in [5.41, 5.74) is 10.8. The van der Waals surface area contributed by atoms with E-state index in [0.717, 1.165) is 35.2 Å². The van der Waals surface area contributed by atoms with Crippen molar-refractivity contribution < 1.29 is 9.59 Å². The van der Waals surface area contributed by atoms with Gasteiger partial charge in [-0.3, -0.25) is 9.59 Å². The minimum atomic E-state index is 0.0189. The summed E-state index contributed by atoms with van der Waals surface area (Å²) < 4.78 is 2.01. The lowest BCUT2D eigenvalue weighted by Gasteiger charge is -2.18. The summed E-state index contributed by atoms with van der Waals surface area (Å²) in [4.78, 5) is 31.8. The van der Waals surface area contributed by atoms with Gasteiger partial charge in [-0.2, -0.15) is 0 Å². The minimum Gasteiger partial charge on any atom is -0.355 e. The molecule has 2 amide bonds. The van der Waals surface area contributed by atoms with Gasteiger partial charge in [0.2, 0.25) is 5.91 Å². The van der Waals surface area contributed by atoms with Crippen LogP contribution in [0.2, 0.25) is 0 Å². The average molecular weight is 458 g/mol. The number of aromatic nitrogens is 2. The third-order valence-electron chi connectivity index (χ3n) is 7.08. The number of amides is 2. The van der Waals surface area contributed by atoms with Crippen molar-refractivity contribution in [2.75, 3.05) is 19.6 Å². The Labute approximate surface area is 200 Å². The van der Waals surface area contributed by atoms with Crippen LogP contribution >= 0.6 is 0 Å². The van der Waals surface area contributed by atoms with Crippen LogP contribution in [0, 0.1) is 11.8 Å². The van der Waals surface area contributed by atoms with Gasteiger partial charge in [0.1, 0.15) is 0 Å². The fraction of sp³-hybridized carbons (Fsp3) is 0.370. The first-order chi connectivity index (χ1) is 16.5. The van der Waals surface area contributed by atoms with E-state index in [9.17, 15) is 9.59 Å². The molecule has 3 N–H and O–H groups in total. The molecular formula is C27H31N5O2. The summed E-state index contributed by atoms with van der Waals surface area (Å²) in [7, 11) is 1.98. The van der Waals surface area contributed by atoms with Crippen LogP contribution in [-0.4, -0.2) is 45.9 Å². The van der Waals surface area contributed by atoms with E-state index >= 15 is 0 Å². The van der Waals surface area contributed by atoms with E-state index in [-0.39, 0.29) is 29.6 Å². The van der Waals surface area contributed by atoms with E-state index in [1.807, 2.05) is 59.1 Å². The fourth-order valence-electron chi connectivity index (χ4n) is 4.89. The van der Waals surface area contributed by atoms with Crippen LogP contribution in [0.5, 0.6) is 0 Å². The molecule has 2 aliphatic rings. The number of nitrogens with zero attached hydrogens (tertiary/aromatic N) is 3. The molecule has 0 unspecified atom stereocenters. The van der Waals surface area contributed by atoms with Crippen molar-refractivity contribution in [1.29, 1.82) is 0 Å². The van der Waals surface area contributed by atoms with Gasteiger partial charge in [-0.1, -0.05) is 30.3 Å². The number of likely N-dealkylation sites (tertiary alicyclic amines) is 1. The molecule has 0 spiro atoms. The normalized spacial score (nSPS) is 19.9. The highest BCUT2D eigenvalue weighted by molar-refractivity contribution is 5.95. The summed E-state index contributed by atoms with van der Waals surface area (Å²) in [5, 5.41) is 3.12. The molecule has 5 rings (SSSR count). The molecule has 1 aliphatic heterocycles. The largest absolute Gasteiger partial charge is 0.355 e. The molecule has 1 aromatic heterocycles. The number of aryl methyl sites for hydroxylation is 1. The van der Waals surface area contributed by atoms with Crippen LogP contribution in [-0.2, 0) is 18.4 Å². The van der Waals surface area contributed by atoms with Crippen molar-refractivity contribution in [3.8, 4) is 11.1 Å². The Bertz CT molecular complexity index is 1180. The topological polar surface area (TPSA) is 93.2 Å². The molecule has 2 heterocycles. The fourth-order valence-corrected chi connectivity index (χ4v) is 4.89. The van der Waals surface area contributed by atoms with Crippen LogP contribution < -0.4 is 11.1 Å². The number of rotatable bonds is 7. The number of hydrogen-bond donors (Lipinski definition) is 2. The molecule has 3 aromatic rings. The van der Waals surface area contributed by atoms with Gasteiger partial charge in [-0.25, -0.2) is 4.98 Å². The lowest BCUT2D eigenvalue weighted by Crippen LogP contribution is -2.34. The second-order valence-corrected chi connectivity index (χ2v) is 9.51. The van der Waals surface area contributed by atoms with E-state index in [1.54, 1.807) is 6.33 Å². The van der Waals surface area contributed by atoms with Crippen LogP contribution in [0.15, 0.2) is 61.1 Å². The Morgan fingerprint density at radius 1 is 1.09 bits per heavy atom. The molecule has 0 bridgehead atoms. The van der Waals surface area contributed by atoms with Crippen LogP contribution in [0.4, 0.5) is 0 Å². The maximum Gasteiger partial charge on any atom is 0.253 e. The molecule has 1 saturated heterocycles. The molecule has 0 radical (unpaired) electrons. The Morgan fingerprint density at radius 3 is 2.56 bits per heavy atom. The van der Waals surface area contributed by atoms with Gasteiger partial charge in [-0.05, 0) is 47.7 Å². The van der Waals surface area contributed by atoms with Crippen molar-refractivity contribution >= 4 is 11.8 Å². The Balaban J connectivity index is 1.31. The maximum atomic E-state index is 13.4. The second kappa shape index (κ2) is 9.43. The molecule has 1 aliphatic carbocycles. The zero-order chi connectivity index (χ0) is 23.7. The third-order valence-corrected chi connectivity index (χ3v) is 7.08. The van der Waals surface area contributed by atoms with E-state index in [4.69, 9.17) is 5.73 Å². The van der Waals surface area contributed by atoms with Gasteiger partial charge in [0.05, 0.1) is 6.33 Å². The lowest BCUT2D eigenvalue weighted by atomic mass is 9.93. The zero-order valence-electron chi connectivity index (χ0n) is 19.5. The molecule has 7 nitrogen and oxygen atoms in total. The molecule has 2 atom stereocenters. The quantitative estimate of drug-likeness (QED) is 0.571. The van der Waals surface area contributed by atoms with Crippen molar-refractivity contribution in [2.24, 2.45) is 24.6 Å². The monoisotopic (exact) mass is 457 g/mol. The summed E-state index contributed by atoms with van der Waals surface area (Å²) >= 11 is 0. The van der Waals surface area contributed by atoms with Crippen molar-refractivity contribution in [2.45, 2.75) is 25.3 Å². The molecular weight excluding hydrogens is 426 g/mol. The Hall–Kier alpha value is -3.45. The van der Waals surface area contributed by atoms with Gasteiger partial charge in [0.25, 0.3) is 5.91 Å². The van der Waals surface area contributed by atoms with E-state index < -0.39 is 0 Å². The summed E-state index contributed by atoms with van der Waals surface area (Å²) in [6, 6.07) is 15.9. The van der Waals surface area contributed by atoms with Crippen molar-refractivity contribution in [3.05, 3.63) is 77.9 Å². The van der Waals surface area contributed by atoms with Gasteiger partial charge >= 0.3 is 0 Å². The van der Waals surface area contributed by atoms with E-state index in [1.165, 1.54) is 0 Å². The highest BCUT2D eigenvalue weighted by atomic mass is 16.2. The number of hydrogen-bond acceptors (Lipinski definition) is 4. The number of imidazole rings is 1. The first-order valence-corrected chi connectivity index (χ1v) is 12.0. The first-order valence-electron chi connectivity index (χ1n) is 12.0. The number of carbonyl (C=O) groups excluding carboxylic acids is 2. The third kappa shape index (κ3) is 4.61. The van der Waals surface area contributed by atoms with Gasteiger partial charge in [-0.15, -0.1) is 0 Å². The van der Waals surface area contributed by atoms with Crippen LogP contribution in [0.1, 0.15) is 40.4 Å². The lowest BCUT2D eigenvalue weighted by molar-refractivity contribution is -0.122. The van der Waals surface area contributed by atoms with Crippen LogP contribution in [0.25, 0.3) is 11.1 Å². The summed E-state index contributed by atoms with van der Waals surface area (Å²) in [5.74, 6) is 0.626. The molecule has 2 fully saturated rings. The molecule has 34 heavy (non-hydrogen) atoms. The number of benzene rings is 2. The van der Waals surface area contributed by atoms with Crippen molar-refractivity contribution in [1.82, 2.24) is 19.8 Å². The highest BCUT2D eigenvalue weighted by Crippen LogP contribution is 2.34. The van der Waals surface area contributed by atoms with E-state index in [0.29, 0.717) is 31.7 Å². The van der Waals surface area contributed by atoms with Gasteiger partial charge < -0.3 is 20.5 Å². The van der Waals surface area contributed by atoms with E-state index in [2.05, 4.69) is 22.4 Å². The molecule has 176 valence electrons. The Kier molecular flexibility index (Phi) is 6.20. The zero-order valence-corrected chi connectivity index (χ0v) is 19.5. The summed E-state index contributed by atoms with van der Waals surface area (Å²) in [6.07, 6.45) is 5.63. The van der Waals surface area contributed by atoms with Gasteiger partial charge in [0, 0.05) is 68.4 Å². The molecule has 7 heteroatoms. The number of nitrogens with two attached hydrogens (primary N) is 1. The number of nitrogens with one attached hydrogen (secondary N) is 1. The average Bonchev–Trinajstić information content (AvgIpc) is 3.51. The SMILES string of the molecule is Cn1cncc1[C@@H]1CN(C(=O)c2ccc(-c3cccc(CN)c3)cc2)C[C@H]1CNC(=O)C1CC1. The highest BCUT2D eigenvalue weighted by Gasteiger charge is 2.39. The number of carbonyl (C=O) groups is 2. The van der Waals surface area contributed by atoms with Crippen molar-refractivity contribution in [3.63, 3.8) is 0 Å². The van der Waals surface area contributed by atoms with Crippen LogP contribution in [0.3, 0.4) is 0 Å². The summed E-state index contributed by atoms with van der Waals surface area (Å²) in [6.45, 7) is 2.30. The predicted molar refractivity (Wildman–Crippen MR) is 131 cm³/mol. The first kappa shape index (κ1) is 22.3. The molecule has 1 saturated carbocycles.